The molecule has 1 aliphatic heterocycles. The quantitative estimate of drug-likeness (QED) is 0.582. The van der Waals surface area contributed by atoms with Crippen molar-refractivity contribution in [2.45, 2.75) is 39.0 Å². The van der Waals surface area contributed by atoms with Crippen LogP contribution in [0.1, 0.15) is 27.7 Å². The molecule has 0 aromatic rings. The molecule has 21 heavy (non-hydrogen) atoms. The SMILES string of the molecule is COP(=O)(C(C)C)N1CCN(C(=O)C(C)(C)OCN)CC1. The Kier molecular flexibility index (Phi) is 6.37. The minimum atomic E-state index is -2.81. The van der Waals surface area contributed by atoms with Crippen LogP contribution < -0.4 is 5.73 Å². The zero-order valence-electron chi connectivity index (χ0n) is 13.7. The van der Waals surface area contributed by atoms with Gasteiger partial charge in [-0.2, -0.15) is 0 Å². The van der Waals surface area contributed by atoms with Gasteiger partial charge in [-0.3, -0.25) is 9.36 Å². The van der Waals surface area contributed by atoms with Gasteiger partial charge in [-0.25, -0.2) is 4.67 Å². The van der Waals surface area contributed by atoms with Gasteiger partial charge in [0.2, 0.25) is 0 Å². The Morgan fingerprint density at radius 3 is 2.19 bits per heavy atom. The molecule has 0 aliphatic carbocycles. The van der Waals surface area contributed by atoms with E-state index in [-0.39, 0.29) is 18.3 Å². The molecule has 2 N–H and O–H groups in total. The van der Waals surface area contributed by atoms with Crippen molar-refractivity contribution in [2.75, 3.05) is 40.0 Å². The van der Waals surface area contributed by atoms with Gasteiger partial charge >= 0.3 is 0 Å². The number of carbonyl (C=O) groups is 1. The lowest BCUT2D eigenvalue weighted by atomic mass is 10.1. The number of ether oxygens (including phenoxy) is 1. The third kappa shape index (κ3) is 4.05. The van der Waals surface area contributed by atoms with Crippen molar-refractivity contribution >= 4 is 13.4 Å². The van der Waals surface area contributed by atoms with Crippen LogP contribution in [0.4, 0.5) is 0 Å². The van der Waals surface area contributed by atoms with Crippen LogP contribution in [0.5, 0.6) is 0 Å². The molecule has 1 saturated heterocycles. The molecule has 1 aliphatic rings. The Hall–Kier alpha value is -0.460. The first-order valence-corrected chi connectivity index (χ1v) is 8.88. The second-order valence-electron chi connectivity index (χ2n) is 5.91. The number of amides is 1. The molecule has 0 spiro atoms. The molecule has 1 rings (SSSR count). The van der Waals surface area contributed by atoms with Gasteiger partial charge in [0.05, 0.1) is 6.73 Å². The highest BCUT2D eigenvalue weighted by Gasteiger charge is 2.39. The topological polar surface area (TPSA) is 85.1 Å². The van der Waals surface area contributed by atoms with Crippen molar-refractivity contribution in [3.63, 3.8) is 0 Å². The third-order valence-electron chi connectivity index (χ3n) is 3.81. The lowest BCUT2D eigenvalue weighted by Crippen LogP contribution is -2.54. The highest BCUT2D eigenvalue weighted by atomic mass is 31.2. The van der Waals surface area contributed by atoms with Crippen molar-refractivity contribution in [2.24, 2.45) is 5.73 Å². The summed E-state index contributed by atoms with van der Waals surface area (Å²) in [5, 5.41) is 0. The summed E-state index contributed by atoms with van der Waals surface area (Å²) in [5.41, 5.74) is 4.36. The summed E-state index contributed by atoms with van der Waals surface area (Å²) < 4.78 is 25.2. The lowest BCUT2D eigenvalue weighted by Gasteiger charge is -2.41. The molecule has 0 bridgehead atoms. The van der Waals surface area contributed by atoms with Gasteiger partial charge in [0, 0.05) is 38.9 Å². The molecule has 124 valence electrons. The minimum Gasteiger partial charge on any atom is -0.351 e. The van der Waals surface area contributed by atoms with Crippen LogP contribution in [-0.2, 0) is 18.6 Å². The van der Waals surface area contributed by atoms with Gasteiger partial charge < -0.3 is 19.9 Å². The number of hydrogen-bond donors (Lipinski definition) is 1. The van der Waals surface area contributed by atoms with E-state index >= 15 is 0 Å². The van der Waals surface area contributed by atoms with E-state index in [1.165, 1.54) is 7.11 Å². The van der Waals surface area contributed by atoms with E-state index in [9.17, 15) is 9.36 Å². The second kappa shape index (κ2) is 7.20. The fourth-order valence-corrected chi connectivity index (χ4v) is 4.52. The van der Waals surface area contributed by atoms with Crippen LogP contribution in [0, 0.1) is 0 Å². The monoisotopic (exact) mass is 321 g/mol. The molecule has 1 atom stereocenters. The predicted molar refractivity (Wildman–Crippen MR) is 82.1 cm³/mol. The summed E-state index contributed by atoms with van der Waals surface area (Å²) in [4.78, 5) is 14.1. The molecule has 0 aromatic heterocycles. The zero-order chi connectivity index (χ0) is 16.3. The first-order valence-electron chi connectivity index (χ1n) is 7.23. The van der Waals surface area contributed by atoms with Crippen LogP contribution >= 0.6 is 7.52 Å². The van der Waals surface area contributed by atoms with Gasteiger partial charge in [-0.15, -0.1) is 0 Å². The maximum absolute atomic E-state index is 12.8. The Morgan fingerprint density at radius 2 is 1.81 bits per heavy atom. The third-order valence-corrected chi connectivity index (χ3v) is 6.83. The van der Waals surface area contributed by atoms with Crippen molar-refractivity contribution < 1.29 is 18.6 Å². The van der Waals surface area contributed by atoms with Gasteiger partial charge in [0.1, 0.15) is 5.60 Å². The number of nitrogens with zero attached hydrogens (tertiary/aromatic N) is 2. The number of carbonyl (C=O) groups excluding carboxylic acids is 1. The molecule has 7 nitrogen and oxygen atoms in total. The number of nitrogens with two attached hydrogens (primary N) is 1. The van der Waals surface area contributed by atoms with Gasteiger partial charge in [0.25, 0.3) is 13.4 Å². The van der Waals surface area contributed by atoms with E-state index in [2.05, 4.69) is 0 Å². The average Bonchev–Trinajstić information content (AvgIpc) is 2.45. The van der Waals surface area contributed by atoms with Crippen LogP contribution in [0.3, 0.4) is 0 Å². The van der Waals surface area contributed by atoms with E-state index in [4.69, 9.17) is 15.0 Å². The Bertz CT molecular complexity index is 406. The van der Waals surface area contributed by atoms with Crippen molar-refractivity contribution in [3.8, 4) is 0 Å². The van der Waals surface area contributed by atoms with Crippen LogP contribution in [0.2, 0.25) is 0 Å². The molecule has 0 radical (unpaired) electrons. The molecule has 1 heterocycles. The predicted octanol–water partition coefficient (Wildman–Crippen LogP) is 1.09. The van der Waals surface area contributed by atoms with E-state index in [0.29, 0.717) is 26.2 Å². The summed E-state index contributed by atoms with van der Waals surface area (Å²) in [6.07, 6.45) is 0. The summed E-state index contributed by atoms with van der Waals surface area (Å²) >= 11 is 0. The van der Waals surface area contributed by atoms with E-state index in [0.717, 1.165) is 0 Å². The summed E-state index contributed by atoms with van der Waals surface area (Å²) in [6.45, 7) is 9.30. The number of hydrogen-bond acceptors (Lipinski definition) is 5. The van der Waals surface area contributed by atoms with Gasteiger partial charge in [-0.05, 0) is 13.8 Å². The normalized spacial score (nSPS) is 20.6. The smallest absolute Gasteiger partial charge is 0.274 e. The first-order chi connectivity index (χ1) is 9.69. The molecule has 1 unspecified atom stereocenters. The lowest BCUT2D eigenvalue weighted by molar-refractivity contribution is -0.155. The zero-order valence-corrected chi connectivity index (χ0v) is 14.6. The molecular formula is C13H28N3O4P. The average molecular weight is 321 g/mol. The molecule has 0 aromatic carbocycles. The maximum Gasteiger partial charge on any atom is 0.274 e. The van der Waals surface area contributed by atoms with Crippen LogP contribution in [0.25, 0.3) is 0 Å². The molecular weight excluding hydrogens is 293 g/mol. The van der Waals surface area contributed by atoms with Gasteiger partial charge in [0.15, 0.2) is 0 Å². The maximum atomic E-state index is 12.8. The fraction of sp³-hybridized carbons (Fsp3) is 0.923. The number of rotatable bonds is 6. The van der Waals surface area contributed by atoms with Gasteiger partial charge in [-0.1, -0.05) is 13.8 Å². The highest BCUT2D eigenvalue weighted by molar-refractivity contribution is 7.57. The largest absolute Gasteiger partial charge is 0.351 e. The standard InChI is InChI=1S/C13H28N3O4P/c1-11(2)21(18,19-5)16-8-6-15(7-9-16)12(17)13(3,4)20-10-14/h11H,6-10,14H2,1-5H3. The fourth-order valence-electron chi connectivity index (χ4n) is 2.48. The summed E-state index contributed by atoms with van der Waals surface area (Å²) in [7, 11) is -1.33. The Morgan fingerprint density at radius 1 is 1.29 bits per heavy atom. The molecule has 8 heteroatoms. The Labute approximate surface area is 127 Å². The summed E-state index contributed by atoms with van der Waals surface area (Å²) in [6, 6.07) is 0. The molecule has 1 fully saturated rings. The Balaban J connectivity index is 2.68. The van der Waals surface area contributed by atoms with Crippen LogP contribution in [0.15, 0.2) is 0 Å². The summed E-state index contributed by atoms with van der Waals surface area (Å²) in [5.74, 6) is -0.0932. The van der Waals surface area contributed by atoms with E-state index in [1.807, 2.05) is 18.5 Å². The van der Waals surface area contributed by atoms with Crippen molar-refractivity contribution in [1.29, 1.82) is 0 Å². The van der Waals surface area contributed by atoms with Crippen molar-refractivity contribution in [1.82, 2.24) is 9.57 Å². The van der Waals surface area contributed by atoms with Crippen LogP contribution in [-0.4, -0.2) is 66.8 Å². The minimum absolute atomic E-state index is 0.00489. The highest BCUT2D eigenvalue weighted by Crippen LogP contribution is 2.54. The number of piperazine rings is 1. The molecule has 0 saturated carbocycles. The van der Waals surface area contributed by atoms with Crippen molar-refractivity contribution in [3.05, 3.63) is 0 Å². The van der Waals surface area contributed by atoms with E-state index < -0.39 is 13.1 Å². The molecule has 1 amide bonds. The first kappa shape index (κ1) is 18.6. The second-order valence-corrected chi connectivity index (χ2v) is 9.00. The van der Waals surface area contributed by atoms with E-state index in [1.54, 1.807) is 18.7 Å².